The molecule has 2 atom stereocenters. The first-order valence-corrected chi connectivity index (χ1v) is 7.37. The fraction of sp³-hybridized carbons (Fsp3) is 0.500. The minimum Gasteiger partial charge on any atom is -0.382 e. The zero-order chi connectivity index (χ0) is 15.9. The summed E-state index contributed by atoms with van der Waals surface area (Å²) in [5.41, 5.74) is 6.14. The molecule has 120 valence electrons. The maximum absolute atomic E-state index is 11.7. The molecule has 0 radical (unpaired) electrons. The van der Waals surface area contributed by atoms with Gasteiger partial charge in [-0.05, 0) is 12.0 Å². The van der Waals surface area contributed by atoms with Gasteiger partial charge in [0.15, 0.2) is 0 Å². The summed E-state index contributed by atoms with van der Waals surface area (Å²) < 4.78 is 11.0. The van der Waals surface area contributed by atoms with Gasteiger partial charge in [-0.1, -0.05) is 30.3 Å². The molecule has 0 aliphatic carbocycles. The van der Waals surface area contributed by atoms with E-state index in [-0.39, 0.29) is 12.0 Å². The van der Waals surface area contributed by atoms with E-state index in [0.29, 0.717) is 26.3 Å². The third-order valence-electron chi connectivity index (χ3n) is 3.86. The van der Waals surface area contributed by atoms with E-state index >= 15 is 0 Å². The standard InChI is InChI=1S/C16H22N2O4/c1-21-9-10-22-14(12-5-3-2-4-6-12)13-7-8-18(11-13)16(20)15(17)19/h2-6,13-14H,7-11H2,1H3,(H2,17,19)/t13-,14?/m1/s1. The van der Waals surface area contributed by atoms with Crippen LogP contribution in [0.25, 0.3) is 0 Å². The molecule has 2 amide bonds. The van der Waals surface area contributed by atoms with Crippen molar-refractivity contribution in [2.45, 2.75) is 12.5 Å². The highest BCUT2D eigenvalue weighted by molar-refractivity contribution is 6.34. The predicted molar refractivity (Wildman–Crippen MR) is 80.9 cm³/mol. The van der Waals surface area contributed by atoms with E-state index in [0.717, 1.165) is 12.0 Å². The van der Waals surface area contributed by atoms with Gasteiger partial charge in [-0.25, -0.2) is 0 Å². The molecule has 0 saturated carbocycles. The Morgan fingerprint density at radius 3 is 2.68 bits per heavy atom. The number of ether oxygens (including phenoxy) is 2. The minimum atomic E-state index is -0.905. The van der Waals surface area contributed by atoms with Gasteiger partial charge in [0.05, 0.1) is 19.3 Å². The molecule has 2 N–H and O–H groups in total. The fourth-order valence-corrected chi connectivity index (χ4v) is 2.78. The van der Waals surface area contributed by atoms with Gasteiger partial charge in [0.2, 0.25) is 0 Å². The summed E-state index contributed by atoms with van der Waals surface area (Å²) in [6.07, 6.45) is 0.660. The van der Waals surface area contributed by atoms with E-state index in [2.05, 4.69) is 0 Å². The van der Waals surface area contributed by atoms with Crippen molar-refractivity contribution in [3.63, 3.8) is 0 Å². The number of rotatable bonds is 6. The van der Waals surface area contributed by atoms with Crippen molar-refractivity contribution in [3.8, 4) is 0 Å². The molecule has 1 aromatic carbocycles. The highest BCUT2D eigenvalue weighted by Gasteiger charge is 2.34. The van der Waals surface area contributed by atoms with Crippen molar-refractivity contribution in [1.82, 2.24) is 4.90 Å². The molecular weight excluding hydrogens is 284 g/mol. The summed E-state index contributed by atoms with van der Waals surface area (Å²) in [4.78, 5) is 24.2. The number of hydrogen-bond acceptors (Lipinski definition) is 4. The van der Waals surface area contributed by atoms with Crippen LogP contribution in [0, 0.1) is 5.92 Å². The number of nitrogens with zero attached hydrogens (tertiary/aromatic N) is 1. The first-order chi connectivity index (χ1) is 10.6. The van der Waals surface area contributed by atoms with Crippen molar-refractivity contribution >= 4 is 11.8 Å². The number of benzene rings is 1. The second-order valence-electron chi connectivity index (χ2n) is 5.36. The molecule has 1 aliphatic heterocycles. The number of nitrogens with two attached hydrogens (primary N) is 1. The number of carbonyl (C=O) groups is 2. The van der Waals surface area contributed by atoms with Crippen LogP contribution in [0.15, 0.2) is 30.3 Å². The maximum atomic E-state index is 11.7. The van der Waals surface area contributed by atoms with Gasteiger partial charge in [0.1, 0.15) is 0 Å². The zero-order valence-electron chi connectivity index (χ0n) is 12.7. The van der Waals surface area contributed by atoms with E-state index < -0.39 is 11.8 Å². The molecular formula is C16H22N2O4. The van der Waals surface area contributed by atoms with Gasteiger partial charge >= 0.3 is 11.8 Å². The average molecular weight is 306 g/mol. The van der Waals surface area contributed by atoms with Crippen molar-refractivity contribution in [3.05, 3.63) is 35.9 Å². The van der Waals surface area contributed by atoms with Gasteiger partial charge in [-0.2, -0.15) is 0 Å². The third kappa shape index (κ3) is 4.05. The second kappa shape index (κ2) is 7.91. The van der Waals surface area contributed by atoms with E-state index in [9.17, 15) is 9.59 Å². The second-order valence-corrected chi connectivity index (χ2v) is 5.36. The molecule has 1 saturated heterocycles. The monoisotopic (exact) mass is 306 g/mol. The van der Waals surface area contributed by atoms with Crippen LogP contribution in [0.1, 0.15) is 18.1 Å². The lowest BCUT2D eigenvalue weighted by molar-refractivity contribution is -0.143. The summed E-state index contributed by atoms with van der Waals surface area (Å²) in [6, 6.07) is 9.89. The Kier molecular flexibility index (Phi) is 5.91. The molecule has 0 bridgehead atoms. The van der Waals surface area contributed by atoms with E-state index in [1.807, 2.05) is 30.3 Å². The Hall–Kier alpha value is -1.92. The summed E-state index contributed by atoms with van der Waals surface area (Å²) in [5.74, 6) is -1.38. The Morgan fingerprint density at radius 1 is 1.32 bits per heavy atom. The van der Waals surface area contributed by atoms with E-state index in [1.54, 1.807) is 7.11 Å². The minimum absolute atomic E-state index is 0.123. The molecule has 1 aliphatic rings. The molecule has 1 aromatic rings. The van der Waals surface area contributed by atoms with Gasteiger partial charge in [-0.15, -0.1) is 0 Å². The van der Waals surface area contributed by atoms with Crippen LogP contribution in [0.2, 0.25) is 0 Å². The van der Waals surface area contributed by atoms with Crippen LogP contribution in [0.3, 0.4) is 0 Å². The summed E-state index contributed by atoms with van der Waals surface area (Å²) in [5, 5.41) is 0. The number of likely N-dealkylation sites (tertiary alicyclic amines) is 1. The number of amides is 2. The summed E-state index contributed by atoms with van der Waals surface area (Å²) in [6.45, 7) is 2.01. The molecule has 6 nitrogen and oxygen atoms in total. The third-order valence-corrected chi connectivity index (χ3v) is 3.86. The van der Waals surface area contributed by atoms with Crippen molar-refractivity contribution in [1.29, 1.82) is 0 Å². The number of primary amides is 1. The van der Waals surface area contributed by atoms with E-state index in [1.165, 1.54) is 4.90 Å². The SMILES string of the molecule is COCCOC(c1ccccc1)[C@@H]1CCN(C(=O)C(N)=O)C1. The van der Waals surface area contributed by atoms with Gasteiger partial charge in [0, 0.05) is 26.1 Å². The lowest BCUT2D eigenvalue weighted by Gasteiger charge is -2.24. The summed E-state index contributed by atoms with van der Waals surface area (Å²) in [7, 11) is 1.63. The smallest absolute Gasteiger partial charge is 0.311 e. The van der Waals surface area contributed by atoms with Crippen molar-refractivity contribution < 1.29 is 19.1 Å². The van der Waals surface area contributed by atoms with Gasteiger partial charge in [-0.3, -0.25) is 9.59 Å². The Bertz CT molecular complexity index is 506. The first kappa shape index (κ1) is 16.5. The Labute approximate surface area is 130 Å². The van der Waals surface area contributed by atoms with Gasteiger partial charge < -0.3 is 20.1 Å². The highest BCUT2D eigenvalue weighted by Crippen LogP contribution is 2.33. The van der Waals surface area contributed by atoms with Crippen molar-refractivity contribution in [2.75, 3.05) is 33.4 Å². The van der Waals surface area contributed by atoms with Gasteiger partial charge in [0.25, 0.3) is 0 Å². The Balaban J connectivity index is 2.06. The van der Waals surface area contributed by atoms with Crippen LogP contribution in [-0.4, -0.2) is 50.1 Å². The topological polar surface area (TPSA) is 81.9 Å². The molecule has 6 heteroatoms. The van der Waals surface area contributed by atoms with Crippen LogP contribution in [0.4, 0.5) is 0 Å². The molecule has 1 fully saturated rings. The van der Waals surface area contributed by atoms with Crippen LogP contribution < -0.4 is 5.73 Å². The van der Waals surface area contributed by atoms with Crippen molar-refractivity contribution in [2.24, 2.45) is 11.7 Å². The first-order valence-electron chi connectivity index (χ1n) is 7.37. The fourth-order valence-electron chi connectivity index (χ4n) is 2.78. The number of hydrogen-bond donors (Lipinski definition) is 1. The average Bonchev–Trinajstić information content (AvgIpc) is 3.01. The molecule has 0 spiro atoms. The van der Waals surface area contributed by atoms with Crippen LogP contribution in [-0.2, 0) is 19.1 Å². The maximum Gasteiger partial charge on any atom is 0.311 e. The van der Waals surface area contributed by atoms with Crippen LogP contribution >= 0.6 is 0 Å². The largest absolute Gasteiger partial charge is 0.382 e. The zero-order valence-corrected chi connectivity index (χ0v) is 12.7. The number of methoxy groups -OCH3 is 1. The molecule has 1 heterocycles. The molecule has 22 heavy (non-hydrogen) atoms. The van der Waals surface area contributed by atoms with Crippen LogP contribution in [0.5, 0.6) is 0 Å². The molecule has 0 aromatic heterocycles. The number of carbonyl (C=O) groups excluding carboxylic acids is 2. The highest BCUT2D eigenvalue weighted by atomic mass is 16.5. The lowest BCUT2D eigenvalue weighted by atomic mass is 9.95. The summed E-state index contributed by atoms with van der Waals surface area (Å²) >= 11 is 0. The lowest BCUT2D eigenvalue weighted by Crippen LogP contribution is -2.39. The predicted octanol–water partition coefficient (Wildman–Crippen LogP) is 0.725. The quantitative estimate of drug-likeness (QED) is 0.620. The normalized spacial score (nSPS) is 19.1. The Morgan fingerprint density at radius 2 is 2.05 bits per heavy atom. The van der Waals surface area contributed by atoms with E-state index in [4.69, 9.17) is 15.2 Å². The molecule has 2 rings (SSSR count). The molecule has 1 unspecified atom stereocenters.